The molecule has 2 fully saturated rings. The van der Waals surface area contributed by atoms with Crippen LogP contribution in [0.2, 0.25) is 0 Å². The summed E-state index contributed by atoms with van der Waals surface area (Å²) in [5.41, 5.74) is -0.446. The van der Waals surface area contributed by atoms with Gasteiger partial charge in [0.15, 0.2) is 0 Å². The van der Waals surface area contributed by atoms with Crippen LogP contribution in [0, 0.1) is 0 Å². The molecule has 2 rings (SSSR count). The molecular formula is C15H28N2O3. The van der Waals surface area contributed by atoms with Crippen molar-refractivity contribution < 1.29 is 14.6 Å². The van der Waals surface area contributed by atoms with Gasteiger partial charge in [-0.05, 0) is 52.9 Å². The lowest BCUT2D eigenvalue weighted by Gasteiger charge is -2.37. The first-order valence-electron chi connectivity index (χ1n) is 7.77. The van der Waals surface area contributed by atoms with Crippen LogP contribution in [-0.2, 0) is 4.74 Å². The lowest BCUT2D eigenvalue weighted by molar-refractivity contribution is 0.0379. The standard InChI is InChI=1S/C15H28N2O3/c1-15(2,3)20-14(19)16-11-7-9-17(10-8-11)12-5-4-6-13(12)18/h11-13,18H,4-10H2,1-3H3,(H,16,19). The van der Waals surface area contributed by atoms with E-state index in [-0.39, 0.29) is 18.2 Å². The SMILES string of the molecule is CC(C)(C)OC(=O)NC1CCN(C2CCCC2O)CC1. The molecule has 5 nitrogen and oxygen atoms in total. The number of aliphatic hydroxyl groups is 1. The first-order valence-corrected chi connectivity index (χ1v) is 7.77. The van der Waals surface area contributed by atoms with E-state index < -0.39 is 5.60 Å². The Morgan fingerprint density at radius 1 is 1.20 bits per heavy atom. The van der Waals surface area contributed by atoms with Crippen LogP contribution in [0.5, 0.6) is 0 Å². The Kier molecular flexibility index (Phi) is 4.91. The van der Waals surface area contributed by atoms with E-state index >= 15 is 0 Å². The molecule has 2 aliphatic rings. The molecule has 2 unspecified atom stereocenters. The van der Waals surface area contributed by atoms with Crippen molar-refractivity contribution in [2.75, 3.05) is 13.1 Å². The highest BCUT2D eigenvalue weighted by molar-refractivity contribution is 5.68. The average Bonchev–Trinajstić information content (AvgIpc) is 2.74. The van der Waals surface area contributed by atoms with E-state index in [1.807, 2.05) is 20.8 Å². The van der Waals surface area contributed by atoms with Gasteiger partial charge in [0, 0.05) is 25.2 Å². The van der Waals surface area contributed by atoms with Crippen LogP contribution in [0.15, 0.2) is 0 Å². The summed E-state index contributed by atoms with van der Waals surface area (Å²) >= 11 is 0. The predicted octanol–water partition coefficient (Wildman–Crippen LogP) is 1.89. The zero-order valence-corrected chi connectivity index (χ0v) is 12.9. The van der Waals surface area contributed by atoms with Crippen molar-refractivity contribution in [3.05, 3.63) is 0 Å². The van der Waals surface area contributed by atoms with Gasteiger partial charge in [-0.25, -0.2) is 4.79 Å². The second kappa shape index (κ2) is 6.31. The average molecular weight is 284 g/mol. The molecule has 0 aromatic heterocycles. The third-order valence-electron chi connectivity index (χ3n) is 4.16. The number of likely N-dealkylation sites (tertiary alicyclic amines) is 1. The molecule has 2 atom stereocenters. The van der Waals surface area contributed by atoms with E-state index in [4.69, 9.17) is 4.74 Å². The number of rotatable bonds is 2. The molecule has 0 spiro atoms. The summed E-state index contributed by atoms with van der Waals surface area (Å²) in [6.45, 7) is 7.51. The van der Waals surface area contributed by atoms with Gasteiger partial charge in [-0.2, -0.15) is 0 Å². The number of alkyl carbamates (subject to hydrolysis) is 1. The van der Waals surface area contributed by atoms with E-state index in [0.29, 0.717) is 6.04 Å². The van der Waals surface area contributed by atoms with Gasteiger partial charge in [0.1, 0.15) is 5.60 Å². The third-order valence-corrected chi connectivity index (χ3v) is 4.16. The number of hydrogen-bond donors (Lipinski definition) is 2. The Hall–Kier alpha value is -0.810. The molecule has 1 aliphatic heterocycles. The van der Waals surface area contributed by atoms with Gasteiger partial charge in [-0.3, -0.25) is 4.90 Å². The molecule has 0 aromatic carbocycles. The zero-order chi connectivity index (χ0) is 14.8. The largest absolute Gasteiger partial charge is 0.444 e. The Balaban J connectivity index is 1.73. The minimum Gasteiger partial charge on any atom is -0.444 e. The van der Waals surface area contributed by atoms with Gasteiger partial charge in [0.05, 0.1) is 6.10 Å². The van der Waals surface area contributed by atoms with E-state index in [9.17, 15) is 9.90 Å². The summed E-state index contributed by atoms with van der Waals surface area (Å²) < 4.78 is 5.28. The summed E-state index contributed by atoms with van der Waals surface area (Å²) in [4.78, 5) is 14.1. The number of ether oxygens (including phenoxy) is 1. The number of amides is 1. The highest BCUT2D eigenvalue weighted by Gasteiger charge is 2.33. The topological polar surface area (TPSA) is 61.8 Å². The Labute approximate surface area is 121 Å². The van der Waals surface area contributed by atoms with Crippen molar-refractivity contribution in [2.45, 2.75) is 76.7 Å². The van der Waals surface area contributed by atoms with Gasteiger partial charge in [0.2, 0.25) is 0 Å². The maximum absolute atomic E-state index is 11.7. The molecule has 1 saturated carbocycles. The number of hydrogen-bond acceptors (Lipinski definition) is 4. The van der Waals surface area contributed by atoms with Crippen molar-refractivity contribution in [1.29, 1.82) is 0 Å². The molecule has 116 valence electrons. The molecule has 20 heavy (non-hydrogen) atoms. The molecule has 1 saturated heterocycles. The van der Waals surface area contributed by atoms with Crippen LogP contribution in [0.25, 0.3) is 0 Å². The van der Waals surface area contributed by atoms with Crippen LogP contribution in [-0.4, -0.2) is 53.0 Å². The summed E-state index contributed by atoms with van der Waals surface area (Å²) in [5.74, 6) is 0. The molecular weight excluding hydrogens is 256 g/mol. The molecule has 0 radical (unpaired) electrons. The fourth-order valence-electron chi connectivity index (χ4n) is 3.20. The molecule has 0 aromatic rings. The quantitative estimate of drug-likeness (QED) is 0.813. The van der Waals surface area contributed by atoms with Crippen LogP contribution >= 0.6 is 0 Å². The molecule has 1 amide bonds. The molecule has 5 heteroatoms. The summed E-state index contributed by atoms with van der Waals surface area (Å²) in [6, 6.07) is 0.525. The monoisotopic (exact) mass is 284 g/mol. The van der Waals surface area contributed by atoms with Crippen LogP contribution in [0.1, 0.15) is 52.9 Å². The lowest BCUT2D eigenvalue weighted by Crippen LogP contribution is -2.50. The van der Waals surface area contributed by atoms with Crippen LogP contribution in [0.4, 0.5) is 4.79 Å². The lowest BCUT2D eigenvalue weighted by atomic mass is 10.0. The minimum absolute atomic E-state index is 0.162. The zero-order valence-electron chi connectivity index (χ0n) is 12.9. The summed E-state index contributed by atoms with van der Waals surface area (Å²) in [6.07, 6.45) is 4.54. The van der Waals surface area contributed by atoms with Crippen molar-refractivity contribution >= 4 is 6.09 Å². The van der Waals surface area contributed by atoms with Crippen LogP contribution < -0.4 is 5.32 Å². The first-order chi connectivity index (χ1) is 9.35. The van der Waals surface area contributed by atoms with Gasteiger partial charge < -0.3 is 15.2 Å². The van der Waals surface area contributed by atoms with Crippen molar-refractivity contribution in [3.63, 3.8) is 0 Å². The minimum atomic E-state index is -0.446. The Morgan fingerprint density at radius 3 is 2.35 bits per heavy atom. The van der Waals surface area contributed by atoms with Gasteiger partial charge in [0.25, 0.3) is 0 Å². The predicted molar refractivity (Wildman–Crippen MR) is 77.6 cm³/mol. The van der Waals surface area contributed by atoms with Gasteiger partial charge >= 0.3 is 6.09 Å². The summed E-state index contributed by atoms with van der Waals surface area (Å²) in [7, 11) is 0. The number of nitrogens with one attached hydrogen (secondary N) is 1. The molecule has 2 N–H and O–H groups in total. The fraction of sp³-hybridized carbons (Fsp3) is 0.933. The van der Waals surface area contributed by atoms with Crippen molar-refractivity contribution in [3.8, 4) is 0 Å². The second-order valence-electron chi connectivity index (χ2n) is 7.02. The maximum atomic E-state index is 11.7. The van der Waals surface area contributed by atoms with Crippen molar-refractivity contribution in [2.24, 2.45) is 0 Å². The molecule has 1 heterocycles. The van der Waals surface area contributed by atoms with Crippen molar-refractivity contribution in [1.82, 2.24) is 10.2 Å². The third kappa shape index (κ3) is 4.35. The number of piperidine rings is 1. The van der Waals surface area contributed by atoms with E-state index in [2.05, 4.69) is 10.2 Å². The number of carbonyl (C=O) groups is 1. The fourth-order valence-corrected chi connectivity index (χ4v) is 3.20. The second-order valence-corrected chi connectivity index (χ2v) is 7.02. The van der Waals surface area contributed by atoms with Gasteiger partial charge in [-0.1, -0.05) is 0 Å². The van der Waals surface area contributed by atoms with E-state index in [1.165, 1.54) is 0 Å². The summed E-state index contributed by atoms with van der Waals surface area (Å²) in [5, 5.41) is 12.9. The smallest absolute Gasteiger partial charge is 0.407 e. The molecule has 0 bridgehead atoms. The number of aliphatic hydroxyl groups excluding tert-OH is 1. The van der Waals surface area contributed by atoms with E-state index in [1.54, 1.807) is 0 Å². The van der Waals surface area contributed by atoms with Crippen LogP contribution in [0.3, 0.4) is 0 Å². The van der Waals surface area contributed by atoms with E-state index in [0.717, 1.165) is 45.2 Å². The maximum Gasteiger partial charge on any atom is 0.407 e. The molecule has 1 aliphatic carbocycles. The number of nitrogens with zero attached hydrogens (tertiary/aromatic N) is 1. The highest BCUT2D eigenvalue weighted by Crippen LogP contribution is 2.26. The Bertz CT molecular complexity index is 333. The normalized spacial score (nSPS) is 29.4. The first kappa shape index (κ1) is 15.6. The highest BCUT2D eigenvalue weighted by atomic mass is 16.6. The Morgan fingerprint density at radius 2 is 1.85 bits per heavy atom. The number of carbonyl (C=O) groups excluding carboxylic acids is 1. The van der Waals surface area contributed by atoms with Gasteiger partial charge in [-0.15, -0.1) is 0 Å².